The fourth-order valence-corrected chi connectivity index (χ4v) is 3.93. The van der Waals surface area contributed by atoms with Crippen LogP contribution < -0.4 is 15.4 Å². The van der Waals surface area contributed by atoms with E-state index in [2.05, 4.69) is 15.4 Å². The zero-order chi connectivity index (χ0) is 20.1. The van der Waals surface area contributed by atoms with E-state index in [1.54, 1.807) is 42.5 Å². The predicted molar refractivity (Wildman–Crippen MR) is 120 cm³/mol. The summed E-state index contributed by atoms with van der Waals surface area (Å²) in [5.74, 6) is 0. The Labute approximate surface area is 174 Å². The normalized spacial score (nSPS) is 10.9. The lowest BCUT2D eigenvalue weighted by Crippen LogP contribution is -2.19. The van der Waals surface area contributed by atoms with Crippen LogP contribution in [0.15, 0.2) is 77.7 Å². The largest absolute Gasteiger partial charge is 0.332 e. The molecule has 3 rings (SSSR count). The summed E-state index contributed by atoms with van der Waals surface area (Å²) in [6.45, 7) is 1.90. The standard InChI is InChI=1S/C20H18ClN3O2S2/c1-14-18(21)8-5-9-19(14)23-20(27)22-15-10-12-17(13-11-15)28(25,26)24-16-6-3-2-4-7-16/h2-13,24H,1H3,(H2,22,23,27). The second kappa shape index (κ2) is 8.60. The van der Waals surface area contributed by atoms with Gasteiger partial charge in [0.05, 0.1) is 4.90 Å². The van der Waals surface area contributed by atoms with Gasteiger partial charge in [-0.3, -0.25) is 4.72 Å². The number of rotatable bonds is 5. The summed E-state index contributed by atoms with van der Waals surface area (Å²) in [4.78, 5) is 0.159. The van der Waals surface area contributed by atoms with Crippen molar-refractivity contribution in [3.63, 3.8) is 0 Å². The average Bonchev–Trinajstić information content (AvgIpc) is 2.66. The molecule has 3 aromatic carbocycles. The second-order valence-electron chi connectivity index (χ2n) is 5.99. The molecule has 144 valence electrons. The molecule has 0 unspecified atom stereocenters. The number of anilines is 3. The van der Waals surface area contributed by atoms with E-state index in [-0.39, 0.29) is 4.90 Å². The summed E-state index contributed by atoms with van der Waals surface area (Å²) in [6.07, 6.45) is 0. The molecule has 0 bridgehead atoms. The van der Waals surface area contributed by atoms with Crippen LogP contribution in [-0.4, -0.2) is 13.5 Å². The van der Waals surface area contributed by atoms with Crippen molar-refractivity contribution in [1.29, 1.82) is 0 Å². The van der Waals surface area contributed by atoms with Crippen molar-refractivity contribution < 1.29 is 8.42 Å². The highest BCUT2D eigenvalue weighted by Crippen LogP contribution is 2.23. The Hall–Kier alpha value is -2.61. The Morgan fingerprint density at radius 3 is 2.21 bits per heavy atom. The van der Waals surface area contributed by atoms with E-state index in [1.807, 2.05) is 25.1 Å². The summed E-state index contributed by atoms with van der Waals surface area (Å²) >= 11 is 11.4. The van der Waals surface area contributed by atoms with Gasteiger partial charge in [0.2, 0.25) is 0 Å². The topological polar surface area (TPSA) is 70.2 Å². The van der Waals surface area contributed by atoms with Crippen LogP contribution in [0.1, 0.15) is 5.56 Å². The molecule has 0 aromatic heterocycles. The van der Waals surface area contributed by atoms with Crippen molar-refractivity contribution in [3.05, 3.63) is 83.4 Å². The van der Waals surface area contributed by atoms with Gasteiger partial charge in [-0.2, -0.15) is 0 Å². The van der Waals surface area contributed by atoms with E-state index in [9.17, 15) is 8.42 Å². The summed E-state index contributed by atoms with van der Waals surface area (Å²) in [5.41, 5.74) is 2.86. The van der Waals surface area contributed by atoms with E-state index in [4.69, 9.17) is 23.8 Å². The first kappa shape index (κ1) is 20.1. The number of thiocarbonyl (C=S) groups is 1. The van der Waals surface area contributed by atoms with Gasteiger partial charge in [0.15, 0.2) is 5.11 Å². The van der Waals surface area contributed by atoms with Crippen molar-refractivity contribution in [2.24, 2.45) is 0 Å². The molecule has 28 heavy (non-hydrogen) atoms. The highest BCUT2D eigenvalue weighted by atomic mass is 35.5. The van der Waals surface area contributed by atoms with Crippen molar-refractivity contribution >= 4 is 56.0 Å². The van der Waals surface area contributed by atoms with Crippen LogP contribution in [0.25, 0.3) is 0 Å². The molecule has 5 nitrogen and oxygen atoms in total. The molecule has 3 aromatic rings. The summed E-state index contributed by atoms with van der Waals surface area (Å²) < 4.78 is 27.5. The Kier molecular flexibility index (Phi) is 6.18. The van der Waals surface area contributed by atoms with Gasteiger partial charge in [0.25, 0.3) is 10.0 Å². The van der Waals surface area contributed by atoms with Gasteiger partial charge in [-0.25, -0.2) is 8.42 Å². The summed E-state index contributed by atoms with van der Waals surface area (Å²) in [7, 11) is -3.66. The molecule has 3 N–H and O–H groups in total. The predicted octanol–water partition coefficient (Wildman–Crippen LogP) is 5.26. The van der Waals surface area contributed by atoms with Crippen molar-refractivity contribution in [2.45, 2.75) is 11.8 Å². The molecule has 0 atom stereocenters. The van der Waals surface area contributed by atoms with Crippen LogP contribution in [0.4, 0.5) is 17.1 Å². The second-order valence-corrected chi connectivity index (χ2v) is 8.49. The number of para-hydroxylation sites is 1. The van der Waals surface area contributed by atoms with E-state index >= 15 is 0 Å². The van der Waals surface area contributed by atoms with Crippen molar-refractivity contribution in [1.82, 2.24) is 0 Å². The Morgan fingerprint density at radius 2 is 1.54 bits per heavy atom. The highest BCUT2D eigenvalue weighted by Gasteiger charge is 2.14. The zero-order valence-corrected chi connectivity index (χ0v) is 17.3. The van der Waals surface area contributed by atoms with Gasteiger partial charge in [0.1, 0.15) is 0 Å². The van der Waals surface area contributed by atoms with Gasteiger partial charge in [0, 0.05) is 22.1 Å². The molecule has 0 saturated heterocycles. The Balaban J connectivity index is 1.67. The summed E-state index contributed by atoms with van der Waals surface area (Å²) in [6, 6.07) is 20.6. The lowest BCUT2D eigenvalue weighted by molar-refractivity contribution is 0.601. The number of hydrogen-bond acceptors (Lipinski definition) is 3. The first-order valence-electron chi connectivity index (χ1n) is 8.36. The lowest BCUT2D eigenvalue weighted by Gasteiger charge is -2.14. The van der Waals surface area contributed by atoms with Crippen LogP contribution in [0.3, 0.4) is 0 Å². The molecule has 0 aliphatic heterocycles. The minimum absolute atomic E-state index is 0.159. The molecule has 0 fully saturated rings. The van der Waals surface area contributed by atoms with Crippen LogP contribution in [0, 0.1) is 6.92 Å². The van der Waals surface area contributed by atoms with Crippen LogP contribution in [0.2, 0.25) is 5.02 Å². The van der Waals surface area contributed by atoms with E-state index in [1.165, 1.54) is 12.1 Å². The Morgan fingerprint density at radius 1 is 0.857 bits per heavy atom. The fraction of sp³-hybridized carbons (Fsp3) is 0.0500. The van der Waals surface area contributed by atoms with E-state index < -0.39 is 10.0 Å². The lowest BCUT2D eigenvalue weighted by atomic mass is 10.2. The average molecular weight is 432 g/mol. The SMILES string of the molecule is Cc1c(Cl)cccc1NC(=S)Nc1ccc(S(=O)(=O)Nc2ccccc2)cc1. The van der Waals surface area contributed by atoms with Gasteiger partial charge in [-0.1, -0.05) is 35.9 Å². The van der Waals surface area contributed by atoms with Crippen molar-refractivity contribution in [2.75, 3.05) is 15.4 Å². The quantitative estimate of drug-likeness (QED) is 0.481. The van der Waals surface area contributed by atoms with Gasteiger partial charge < -0.3 is 10.6 Å². The fourth-order valence-electron chi connectivity index (χ4n) is 2.47. The minimum atomic E-state index is -3.66. The first-order valence-corrected chi connectivity index (χ1v) is 10.6. The zero-order valence-electron chi connectivity index (χ0n) is 14.9. The molecule has 0 aliphatic carbocycles. The third-order valence-electron chi connectivity index (χ3n) is 3.96. The highest BCUT2D eigenvalue weighted by molar-refractivity contribution is 7.92. The number of benzene rings is 3. The molecule has 0 spiro atoms. The summed E-state index contributed by atoms with van der Waals surface area (Å²) in [5, 5.41) is 7.13. The minimum Gasteiger partial charge on any atom is -0.332 e. The molecule has 0 aliphatic rings. The maximum absolute atomic E-state index is 12.5. The number of sulfonamides is 1. The van der Waals surface area contributed by atoms with Gasteiger partial charge >= 0.3 is 0 Å². The smallest absolute Gasteiger partial charge is 0.261 e. The molecule has 0 heterocycles. The molecular weight excluding hydrogens is 414 g/mol. The van der Waals surface area contributed by atoms with Crippen LogP contribution in [-0.2, 0) is 10.0 Å². The third kappa shape index (κ3) is 5.01. The Bertz CT molecular complexity index is 1090. The number of nitrogens with one attached hydrogen (secondary N) is 3. The van der Waals surface area contributed by atoms with Crippen molar-refractivity contribution in [3.8, 4) is 0 Å². The van der Waals surface area contributed by atoms with Crippen LogP contribution in [0.5, 0.6) is 0 Å². The molecule has 0 radical (unpaired) electrons. The maximum Gasteiger partial charge on any atom is 0.261 e. The molecule has 0 saturated carbocycles. The maximum atomic E-state index is 12.5. The molecule has 0 amide bonds. The number of hydrogen-bond donors (Lipinski definition) is 3. The number of halogens is 1. The van der Waals surface area contributed by atoms with Gasteiger partial charge in [-0.15, -0.1) is 0 Å². The van der Waals surface area contributed by atoms with E-state index in [0.29, 0.717) is 21.5 Å². The third-order valence-corrected chi connectivity index (χ3v) is 5.98. The molecular formula is C20H18ClN3O2S2. The first-order chi connectivity index (χ1) is 13.3. The van der Waals surface area contributed by atoms with Gasteiger partial charge in [-0.05, 0) is 73.2 Å². The molecule has 8 heteroatoms. The van der Waals surface area contributed by atoms with Crippen LogP contribution >= 0.6 is 23.8 Å². The monoisotopic (exact) mass is 431 g/mol. The van der Waals surface area contributed by atoms with E-state index in [0.717, 1.165) is 11.3 Å².